The van der Waals surface area contributed by atoms with Gasteiger partial charge in [-0.2, -0.15) is 0 Å². The van der Waals surface area contributed by atoms with Gasteiger partial charge in [0.25, 0.3) is 0 Å². The molecule has 0 spiro atoms. The van der Waals surface area contributed by atoms with Crippen molar-refractivity contribution in [3.63, 3.8) is 0 Å². The molecule has 2 fully saturated rings. The van der Waals surface area contributed by atoms with Crippen LogP contribution >= 0.6 is 0 Å². The Balaban J connectivity index is 2.13. The molecule has 0 aromatic rings. The van der Waals surface area contributed by atoms with Crippen molar-refractivity contribution in [2.75, 3.05) is 0 Å². The van der Waals surface area contributed by atoms with Crippen LogP contribution in [0.3, 0.4) is 0 Å². The third-order valence-electron chi connectivity index (χ3n) is 2.12. The third-order valence-corrected chi connectivity index (χ3v) is 2.12. The highest BCUT2D eigenvalue weighted by Gasteiger charge is 2.46. The molecule has 2 N–H and O–H groups in total. The van der Waals surface area contributed by atoms with Gasteiger partial charge >= 0.3 is 0 Å². The number of aliphatic hydroxyl groups excluding tert-OH is 2. The van der Waals surface area contributed by atoms with E-state index in [1.54, 1.807) is 0 Å². The van der Waals surface area contributed by atoms with E-state index in [1.165, 1.54) is 0 Å². The Bertz CT molecular complexity index is 113. The standard InChI is InChI=1S/C6H10O3/c7-4-1-3-2-5(8)6(4)9-3/h3-8H,1-2H2. The Morgan fingerprint density at radius 2 is 1.67 bits per heavy atom. The minimum atomic E-state index is -0.418. The first-order chi connectivity index (χ1) is 4.27. The second-order valence-corrected chi connectivity index (χ2v) is 2.83. The summed E-state index contributed by atoms with van der Waals surface area (Å²) in [6, 6.07) is 0. The summed E-state index contributed by atoms with van der Waals surface area (Å²) >= 11 is 0. The molecule has 2 atom stereocenters. The molecule has 0 aromatic heterocycles. The summed E-state index contributed by atoms with van der Waals surface area (Å²) in [6.45, 7) is 0. The van der Waals surface area contributed by atoms with E-state index in [-0.39, 0.29) is 12.2 Å². The first-order valence-corrected chi connectivity index (χ1v) is 3.29. The Kier molecular flexibility index (Phi) is 1.06. The second-order valence-electron chi connectivity index (χ2n) is 2.83. The summed E-state index contributed by atoms with van der Waals surface area (Å²) in [5, 5.41) is 18.2. The van der Waals surface area contributed by atoms with Crippen molar-refractivity contribution >= 4 is 0 Å². The van der Waals surface area contributed by atoms with Gasteiger partial charge < -0.3 is 14.9 Å². The highest BCUT2D eigenvalue weighted by atomic mass is 16.5. The van der Waals surface area contributed by atoms with E-state index in [4.69, 9.17) is 14.9 Å². The number of fused-ring (bicyclic) bond motifs is 2. The Morgan fingerprint density at radius 1 is 1.11 bits per heavy atom. The average Bonchev–Trinajstić information content (AvgIpc) is 2.22. The number of aliphatic hydroxyl groups is 2. The number of hydrogen-bond acceptors (Lipinski definition) is 3. The van der Waals surface area contributed by atoms with Crippen LogP contribution in [0.2, 0.25) is 0 Å². The molecular weight excluding hydrogens is 120 g/mol. The normalized spacial score (nSPS) is 56.7. The van der Waals surface area contributed by atoms with Crippen LogP contribution in [0.25, 0.3) is 0 Å². The molecule has 9 heavy (non-hydrogen) atoms. The molecule has 3 heteroatoms. The van der Waals surface area contributed by atoms with Crippen LogP contribution in [0, 0.1) is 0 Å². The lowest BCUT2D eigenvalue weighted by Crippen LogP contribution is -2.33. The fourth-order valence-electron chi connectivity index (χ4n) is 1.67. The monoisotopic (exact) mass is 130 g/mol. The summed E-state index contributed by atoms with van der Waals surface area (Å²) < 4.78 is 5.20. The maximum Gasteiger partial charge on any atom is 0.110 e. The van der Waals surface area contributed by atoms with Crippen LogP contribution in [-0.2, 0) is 4.74 Å². The number of rotatable bonds is 0. The first-order valence-electron chi connectivity index (χ1n) is 3.29. The van der Waals surface area contributed by atoms with Crippen molar-refractivity contribution in [3.8, 4) is 0 Å². The topological polar surface area (TPSA) is 49.7 Å². The molecular formula is C6H10O3. The Hall–Kier alpha value is -0.120. The van der Waals surface area contributed by atoms with Crippen LogP contribution in [-0.4, -0.2) is 34.6 Å². The summed E-state index contributed by atoms with van der Waals surface area (Å²) in [5.41, 5.74) is 0. The number of ether oxygens (including phenoxy) is 1. The quantitative estimate of drug-likeness (QED) is 0.454. The van der Waals surface area contributed by atoms with Gasteiger partial charge in [-0.1, -0.05) is 0 Å². The van der Waals surface area contributed by atoms with Gasteiger partial charge in [-0.3, -0.25) is 0 Å². The summed E-state index contributed by atoms with van der Waals surface area (Å²) in [7, 11) is 0. The zero-order valence-corrected chi connectivity index (χ0v) is 5.03. The van der Waals surface area contributed by atoms with E-state index in [2.05, 4.69) is 0 Å². The van der Waals surface area contributed by atoms with E-state index in [0.29, 0.717) is 12.8 Å². The van der Waals surface area contributed by atoms with E-state index >= 15 is 0 Å². The van der Waals surface area contributed by atoms with Gasteiger partial charge in [0.2, 0.25) is 0 Å². The zero-order valence-electron chi connectivity index (χ0n) is 5.03. The van der Waals surface area contributed by atoms with Gasteiger partial charge in [-0.15, -0.1) is 0 Å². The maximum absolute atomic E-state index is 9.10. The van der Waals surface area contributed by atoms with Gasteiger partial charge in [0.15, 0.2) is 0 Å². The van der Waals surface area contributed by atoms with Crippen molar-refractivity contribution in [2.45, 2.75) is 37.3 Å². The Morgan fingerprint density at radius 3 is 1.89 bits per heavy atom. The molecule has 0 amide bonds. The smallest absolute Gasteiger partial charge is 0.110 e. The summed E-state index contributed by atoms with van der Waals surface area (Å²) in [5.74, 6) is 0. The Labute approximate surface area is 53.3 Å². The maximum atomic E-state index is 9.10. The molecule has 0 aromatic carbocycles. The van der Waals surface area contributed by atoms with Gasteiger partial charge in [0.1, 0.15) is 6.10 Å². The molecule has 0 saturated carbocycles. The highest BCUT2D eigenvalue weighted by Crippen LogP contribution is 2.34. The van der Waals surface area contributed by atoms with Crippen LogP contribution in [0.15, 0.2) is 0 Å². The van der Waals surface area contributed by atoms with Crippen molar-refractivity contribution < 1.29 is 14.9 Å². The molecule has 3 nitrogen and oxygen atoms in total. The molecule has 2 rings (SSSR count). The molecule has 2 aliphatic rings. The van der Waals surface area contributed by atoms with Crippen LogP contribution in [0.4, 0.5) is 0 Å². The highest BCUT2D eigenvalue weighted by molar-refractivity contribution is 4.95. The molecule has 0 aliphatic carbocycles. The number of hydrogen-bond donors (Lipinski definition) is 2. The SMILES string of the molecule is OC1CC2CC(O)C1O2. The van der Waals surface area contributed by atoms with Crippen molar-refractivity contribution in [1.82, 2.24) is 0 Å². The predicted molar refractivity (Wildman–Crippen MR) is 29.9 cm³/mol. The van der Waals surface area contributed by atoms with E-state index in [9.17, 15) is 0 Å². The lowest BCUT2D eigenvalue weighted by Gasteiger charge is -2.17. The molecule has 2 unspecified atom stereocenters. The zero-order chi connectivity index (χ0) is 6.43. The fraction of sp³-hybridized carbons (Fsp3) is 1.00. The minimum Gasteiger partial charge on any atom is -0.390 e. The lowest BCUT2D eigenvalue weighted by atomic mass is 9.95. The molecule has 2 aliphatic heterocycles. The van der Waals surface area contributed by atoms with E-state index in [0.717, 1.165) is 0 Å². The predicted octanol–water partition coefficient (Wildman–Crippen LogP) is -0.731. The molecule has 2 bridgehead atoms. The fourth-order valence-corrected chi connectivity index (χ4v) is 1.67. The first kappa shape index (κ1) is 5.65. The van der Waals surface area contributed by atoms with Gasteiger partial charge in [0, 0.05) is 12.8 Å². The van der Waals surface area contributed by atoms with Crippen LogP contribution in [0.5, 0.6) is 0 Å². The lowest BCUT2D eigenvalue weighted by molar-refractivity contribution is -0.00616. The van der Waals surface area contributed by atoms with E-state index in [1.807, 2.05) is 0 Å². The minimum absolute atomic E-state index is 0.125. The second kappa shape index (κ2) is 1.68. The molecule has 52 valence electrons. The van der Waals surface area contributed by atoms with Crippen LogP contribution < -0.4 is 0 Å². The third kappa shape index (κ3) is 0.689. The van der Waals surface area contributed by atoms with Crippen LogP contribution in [0.1, 0.15) is 12.8 Å². The molecule has 2 heterocycles. The van der Waals surface area contributed by atoms with Crippen molar-refractivity contribution in [3.05, 3.63) is 0 Å². The van der Waals surface area contributed by atoms with Gasteiger partial charge in [0.05, 0.1) is 18.3 Å². The van der Waals surface area contributed by atoms with Gasteiger partial charge in [-0.25, -0.2) is 0 Å². The largest absolute Gasteiger partial charge is 0.390 e. The van der Waals surface area contributed by atoms with Crippen molar-refractivity contribution in [1.29, 1.82) is 0 Å². The molecule has 0 radical (unpaired) electrons. The molecule has 2 saturated heterocycles. The van der Waals surface area contributed by atoms with E-state index < -0.39 is 12.2 Å². The van der Waals surface area contributed by atoms with Gasteiger partial charge in [-0.05, 0) is 0 Å². The van der Waals surface area contributed by atoms with Crippen molar-refractivity contribution in [2.24, 2.45) is 0 Å². The summed E-state index contributed by atoms with van der Waals surface area (Å²) in [6.07, 6.45) is 0.427. The summed E-state index contributed by atoms with van der Waals surface area (Å²) in [4.78, 5) is 0. The average molecular weight is 130 g/mol.